The Morgan fingerprint density at radius 2 is 1.76 bits per heavy atom. The Kier molecular flexibility index (Phi) is 5.95. The standard InChI is InChI=1S/C20H23ClN2O2/c1-25-19-8-4-16(5-9-19)20(24)22-18-10-12-23(13-11-18)14-15-2-6-17(21)7-3-15/h2-9,18H,10-14H2,1H3,(H,22,24)/p+1. The summed E-state index contributed by atoms with van der Waals surface area (Å²) in [5.41, 5.74) is 1.98. The maximum Gasteiger partial charge on any atom is 0.251 e. The molecule has 1 aliphatic heterocycles. The van der Waals surface area contributed by atoms with E-state index < -0.39 is 0 Å². The summed E-state index contributed by atoms with van der Waals surface area (Å²) in [6.07, 6.45) is 2.01. The smallest absolute Gasteiger partial charge is 0.251 e. The fourth-order valence-electron chi connectivity index (χ4n) is 3.25. The summed E-state index contributed by atoms with van der Waals surface area (Å²) in [5.74, 6) is 0.754. The number of nitrogens with one attached hydrogen (secondary N) is 2. The summed E-state index contributed by atoms with van der Waals surface area (Å²) in [6.45, 7) is 3.14. The molecule has 2 N–H and O–H groups in total. The van der Waals surface area contributed by atoms with Crippen molar-refractivity contribution in [2.45, 2.75) is 25.4 Å². The minimum Gasteiger partial charge on any atom is -0.497 e. The number of piperidine rings is 1. The number of ether oxygens (including phenoxy) is 1. The van der Waals surface area contributed by atoms with Crippen LogP contribution in [0.4, 0.5) is 0 Å². The molecule has 2 aromatic carbocycles. The number of carbonyl (C=O) groups excluding carboxylic acids is 1. The van der Waals surface area contributed by atoms with Crippen molar-refractivity contribution in [1.29, 1.82) is 0 Å². The van der Waals surface area contributed by atoms with Crippen LogP contribution in [-0.2, 0) is 6.54 Å². The Bertz CT molecular complexity index is 693. The normalized spacial score (nSPS) is 20.1. The molecule has 4 nitrogen and oxygen atoms in total. The van der Waals surface area contributed by atoms with E-state index >= 15 is 0 Å². The maximum atomic E-state index is 12.3. The van der Waals surface area contributed by atoms with Crippen LogP contribution in [0.2, 0.25) is 5.02 Å². The molecule has 0 aromatic heterocycles. The molecule has 2 aromatic rings. The summed E-state index contributed by atoms with van der Waals surface area (Å²) >= 11 is 5.94. The van der Waals surface area contributed by atoms with Crippen molar-refractivity contribution in [2.24, 2.45) is 0 Å². The predicted octanol–water partition coefficient (Wildman–Crippen LogP) is 2.33. The van der Waals surface area contributed by atoms with Gasteiger partial charge >= 0.3 is 0 Å². The van der Waals surface area contributed by atoms with Gasteiger partial charge in [0.2, 0.25) is 0 Å². The highest BCUT2D eigenvalue weighted by molar-refractivity contribution is 6.30. The highest BCUT2D eigenvalue weighted by atomic mass is 35.5. The lowest BCUT2D eigenvalue weighted by Gasteiger charge is -2.29. The molecule has 132 valence electrons. The van der Waals surface area contributed by atoms with E-state index in [0.717, 1.165) is 43.2 Å². The van der Waals surface area contributed by atoms with Crippen molar-refractivity contribution in [2.75, 3.05) is 20.2 Å². The number of carbonyl (C=O) groups is 1. The van der Waals surface area contributed by atoms with Crippen LogP contribution in [0.3, 0.4) is 0 Å². The van der Waals surface area contributed by atoms with Gasteiger partial charge in [-0.15, -0.1) is 0 Å². The van der Waals surface area contributed by atoms with Crippen LogP contribution < -0.4 is 15.0 Å². The number of methoxy groups -OCH3 is 1. The van der Waals surface area contributed by atoms with Crippen molar-refractivity contribution in [3.8, 4) is 5.75 Å². The predicted molar refractivity (Wildman–Crippen MR) is 99.3 cm³/mol. The van der Waals surface area contributed by atoms with Crippen LogP contribution in [-0.4, -0.2) is 32.1 Å². The topological polar surface area (TPSA) is 42.8 Å². The Hall–Kier alpha value is -2.04. The molecule has 1 heterocycles. The summed E-state index contributed by atoms with van der Waals surface area (Å²) in [6, 6.07) is 15.5. The summed E-state index contributed by atoms with van der Waals surface area (Å²) in [5, 5.41) is 3.93. The molecule has 0 unspecified atom stereocenters. The van der Waals surface area contributed by atoms with Gasteiger partial charge in [0.1, 0.15) is 12.3 Å². The van der Waals surface area contributed by atoms with Crippen LogP contribution in [0.15, 0.2) is 48.5 Å². The number of amides is 1. The van der Waals surface area contributed by atoms with Gasteiger partial charge in [0.15, 0.2) is 0 Å². The highest BCUT2D eigenvalue weighted by Crippen LogP contribution is 2.12. The minimum absolute atomic E-state index is 0.00574. The average molecular weight is 360 g/mol. The van der Waals surface area contributed by atoms with E-state index in [1.54, 1.807) is 24.1 Å². The van der Waals surface area contributed by atoms with Gasteiger partial charge in [0.05, 0.1) is 20.2 Å². The molecule has 0 saturated carbocycles. The van der Waals surface area contributed by atoms with Gasteiger partial charge in [-0.05, 0) is 36.4 Å². The molecule has 0 radical (unpaired) electrons. The zero-order valence-electron chi connectivity index (χ0n) is 14.4. The Morgan fingerprint density at radius 1 is 1.12 bits per heavy atom. The zero-order valence-corrected chi connectivity index (χ0v) is 15.2. The lowest BCUT2D eigenvalue weighted by Crippen LogP contribution is -3.12. The van der Waals surface area contributed by atoms with Crippen LogP contribution in [0.1, 0.15) is 28.8 Å². The lowest BCUT2D eigenvalue weighted by molar-refractivity contribution is -0.918. The van der Waals surface area contributed by atoms with E-state index in [9.17, 15) is 4.79 Å². The lowest BCUT2D eigenvalue weighted by atomic mass is 10.0. The van der Waals surface area contributed by atoms with E-state index in [0.29, 0.717) is 5.56 Å². The molecule has 0 aliphatic carbocycles. The van der Waals surface area contributed by atoms with E-state index in [1.807, 2.05) is 24.3 Å². The van der Waals surface area contributed by atoms with Crippen molar-refractivity contribution in [1.82, 2.24) is 5.32 Å². The molecule has 1 amide bonds. The molecule has 0 atom stereocenters. The first-order chi connectivity index (χ1) is 12.1. The van der Waals surface area contributed by atoms with E-state index in [2.05, 4.69) is 17.4 Å². The second-order valence-corrected chi connectivity index (χ2v) is 6.97. The number of halogens is 1. The maximum absolute atomic E-state index is 12.3. The van der Waals surface area contributed by atoms with Crippen LogP contribution >= 0.6 is 11.6 Å². The molecule has 3 rings (SSSR count). The Morgan fingerprint density at radius 3 is 2.36 bits per heavy atom. The number of likely N-dealkylation sites (tertiary alicyclic amines) is 1. The number of benzene rings is 2. The van der Waals surface area contributed by atoms with Crippen molar-refractivity contribution in [3.05, 3.63) is 64.7 Å². The quantitative estimate of drug-likeness (QED) is 0.860. The Balaban J connectivity index is 1.46. The van der Waals surface area contributed by atoms with Gasteiger partial charge in [-0.25, -0.2) is 0 Å². The number of quaternary nitrogens is 1. The molecule has 0 bridgehead atoms. The summed E-state index contributed by atoms with van der Waals surface area (Å²) < 4.78 is 5.12. The molecule has 25 heavy (non-hydrogen) atoms. The van der Waals surface area contributed by atoms with Gasteiger partial charge in [-0.2, -0.15) is 0 Å². The third-order valence-corrected chi connectivity index (χ3v) is 5.00. The largest absolute Gasteiger partial charge is 0.497 e. The number of hydrogen-bond acceptors (Lipinski definition) is 2. The van der Waals surface area contributed by atoms with Crippen molar-refractivity contribution in [3.63, 3.8) is 0 Å². The molecular weight excluding hydrogens is 336 g/mol. The number of rotatable bonds is 5. The van der Waals surface area contributed by atoms with Gasteiger partial charge in [-0.1, -0.05) is 23.7 Å². The first-order valence-electron chi connectivity index (χ1n) is 8.67. The summed E-state index contributed by atoms with van der Waals surface area (Å²) in [4.78, 5) is 13.9. The third-order valence-electron chi connectivity index (χ3n) is 4.75. The first-order valence-corrected chi connectivity index (χ1v) is 9.05. The SMILES string of the molecule is COc1ccc(C(=O)NC2CC[NH+](Cc3ccc(Cl)cc3)CC2)cc1. The van der Waals surface area contributed by atoms with Gasteiger partial charge in [0.25, 0.3) is 5.91 Å². The van der Waals surface area contributed by atoms with Gasteiger partial charge < -0.3 is 15.0 Å². The molecule has 1 aliphatic rings. The Labute approximate surface area is 153 Å². The van der Waals surface area contributed by atoms with Crippen LogP contribution in [0.5, 0.6) is 5.75 Å². The van der Waals surface area contributed by atoms with Crippen LogP contribution in [0, 0.1) is 0 Å². The van der Waals surface area contributed by atoms with E-state index in [1.165, 1.54) is 5.56 Å². The fourth-order valence-corrected chi connectivity index (χ4v) is 3.38. The first kappa shape index (κ1) is 17.8. The fraction of sp³-hybridized carbons (Fsp3) is 0.350. The van der Waals surface area contributed by atoms with Crippen molar-refractivity contribution < 1.29 is 14.4 Å². The van der Waals surface area contributed by atoms with Gasteiger partial charge in [-0.3, -0.25) is 4.79 Å². The minimum atomic E-state index is -0.00574. The molecule has 0 spiro atoms. The second kappa shape index (κ2) is 8.37. The second-order valence-electron chi connectivity index (χ2n) is 6.53. The number of hydrogen-bond donors (Lipinski definition) is 2. The van der Waals surface area contributed by atoms with Crippen molar-refractivity contribution >= 4 is 17.5 Å². The van der Waals surface area contributed by atoms with Gasteiger partial charge in [0, 0.05) is 35.0 Å². The zero-order chi connectivity index (χ0) is 17.6. The summed E-state index contributed by atoms with van der Waals surface area (Å²) in [7, 11) is 1.62. The molecular formula is C20H24ClN2O2+. The molecule has 1 saturated heterocycles. The highest BCUT2D eigenvalue weighted by Gasteiger charge is 2.23. The molecule has 1 fully saturated rings. The van der Waals surface area contributed by atoms with E-state index in [4.69, 9.17) is 16.3 Å². The third kappa shape index (κ3) is 4.97. The van der Waals surface area contributed by atoms with Crippen LogP contribution in [0.25, 0.3) is 0 Å². The average Bonchev–Trinajstić information content (AvgIpc) is 2.65. The van der Waals surface area contributed by atoms with E-state index in [-0.39, 0.29) is 11.9 Å². The monoisotopic (exact) mass is 359 g/mol. The molecule has 5 heteroatoms.